The van der Waals surface area contributed by atoms with Crippen molar-refractivity contribution in [1.29, 1.82) is 0 Å². The molecule has 68 valence electrons. The van der Waals surface area contributed by atoms with Crippen LogP contribution in [-0.2, 0) is 0 Å². The Hall–Kier alpha value is -1.82. The molecule has 2 rings (SSSR count). The Bertz CT molecular complexity index is 458. The lowest BCUT2D eigenvalue weighted by molar-refractivity contribution is 1.65. The van der Waals surface area contributed by atoms with Crippen LogP contribution in [-0.4, -0.2) is 0 Å². The van der Waals surface area contributed by atoms with Crippen LogP contribution in [0.25, 0.3) is 12.2 Å². The second kappa shape index (κ2) is 4.43. The molecule has 0 amide bonds. The fourth-order valence-electron chi connectivity index (χ4n) is 1.26. The topological polar surface area (TPSA) is 0 Å². The molecule has 0 bridgehead atoms. The predicted octanol–water partition coefficient (Wildman–Crippen LogP) is 3.86. The van der Waals surface area contributed by atoms with E-state index in [1.807, 2.05) is 60.7 Å². The van der Waals surface area contributed by atoms with Gasteiger partial charge in [0.25, 0.3) is 0 Å². The van der Waals surface area contributed by atoms with Crippen LogP contribution in [0.15, 0.2) is 60.6 Å². The van der Waals surface area contributed by atoms with Gasteiger partial charge < -0.3 is 0 Å². The minimum absolute atomic E-state index is 0.560. The van der Waals surface area contributed by atoms with Crippen LogP contribution in [0.3, 0.4) is 0 Å². The SMILES string of the molecule is [2H]c1ccccc1/C=C/c1ccccc1. The third-order valence-corrected chi connectivity index (χ3v) is 1.99. The molecule has 0 heteroatoms. The monoisotopic (exact) mass is 181 g/mol. The van der Waals surface area contributed by atoms with Crippen LogP contribution in [0.4, 0.5) is 0 Å². The molecule has 14 heavy (non-hydrogen) atoms. The quantitative estimate of drug-likeness (QED) is 0.617. The van der Waals surface area contributed by atoms with Crippen LogP contribution >= 0.6 is 0 Å². The third-order valence-electron chi connectivity index (χ3n) is 1.99. The van der Waals surface area contributed by atoms with E-state index in [2.05, 4.69) is 0 Å². The molecule has 0 spiro atoms. The second-order valence-corrected chi connectivity index (χ2v) is 3.06. The lowest BCUT2D eigenvalue weighted by atomic mass is 10.1. The zero-order valence-corrected chi connectivity index (χ0v) is 7.85. The van der Waals surface area contributed by atoms with E-state index >= 15 is 0 Å². The van der Waals surface area contributed by atoms with Crippen LogP contribution in [0.1, 0.15) is 12.5 Å². The van der Waals surface area contributed by atoms with E-state index in [0.717, 1.165) is 11.1 Å². The van der Waals surface area contributed by atoms with E-state index in [1.54, 1.807) is 6.07 Å². The van der Waals surface area contributed by atoms with Gasteiger partial charge in [-0.15, -0.1) is 0 Å². The molecular weight excluding hydrogens is 168 g/mol. The number of hydrogen-bond acceptors (Lipinski definition) is 0. The van der Waals surface area contributed by atoms with Crippen molar-refractivity contribution in [1.82, 2.24) is 0 Å². The van der Waals surface area contributed by atoms with Gasteiger partial charge in [-0.3, -0.25) is 0 Å². The Morgan fingerprint density at radius 2 is 1.29 bits per heavy atom. The molecule has 0 aliphatic carbocycles. The first-order valence-electron chi connectivity index (χ1n) is 5.15. The van der Waals surface area contributed by atoms with Crippen LogP contribution in [0, 0.1) is 0 Å². The zero-order valence-electron chi connectivity index (χ0n) is 8.85. The average Bonchev–Trinajstić information content (AvgIpc) is 2.29. The summed E-state index contributed by atoms with van der Waals surface area (Å²) in [7, 11) is 0. The molecule has 0 nitrogen and oxygen atoms in total. The molecule has 0 N–H and O–H groups in total. The van der Waals surface area contributed by atoms with Crippen LogP contribution in [0.2, 0.25) is 0 Å². The van der Waals surface area contributed by atoms with Gasteiger partial charge in [0, 0.05) is 0 Å². The van der Waals surface area contributed by atoms with Gasteiger partial charge >= 0.3 is 0 Å². The Kier molecular flexibility index (Phi) is 2.39. The minimum Gasteiger partial charge on any atom is -0.0622 e. The molecule has 0 saturated heterocycles. The van der Waals surface area contributed by atoms with Crippen LogP contribution in [0.5, 0.6) is 0 Å². The van der Waals surface area contributed by atoms with E-state index in [4.69, 9.17) is 1.37 Å². The van der Waals surface area contributed by atoms with E-state index in [0.29, 0.717) is 6.04 Å². The van der Waals surface area contributed by atoms with Crippen molar-refractivity contribution >= 4 is 12.2 Å². The van der Waals surface area contributed by atoms with Crippen molar-refractivity contribution in [3.63, 3.8) is 0 Å². The van der Waals surface area contributed by atoms with Crippen molar-refractivity contribution in [3.8, 4) is 0 Å². The molecule has 0 heterocycles. The summed E-state index contributed by atoms with van der Waals surface area (Å²) in [5.41, 5.74) is 2.10. The second-order valence-electron chi connectivity index (χ2n) is 3.06. The summed E-state index contributed by atoms with van der Waals surface area (Å²) in [6.07, 6.45) is 3.99. The van der Waals surface area contributed by atoms with E-state index < -0.39 is 0 Å². The van der Waals surface area contributed by atoms with Gasteiger partial charge in [0.05, 0.1) is 1.37 Å². The number of benzene rings is 2. The van der Waals surface area contributed by atoms with Crippen molar-refractivity contribution in [2.75, 3.05) is 0 Å². The summed E-state index contributed by atoms with van der Waals surface area (Å²) >= 11 is 0. The maximum absolute atomic E-state index is 7.69. The summed E-state index contributed by atoms with van der Waals surface area (Å²) < 4.78 is 7.69. The van der Waals surface area contributed by atoms with Gasteiger partial charge in [0.1, 0.15) is 0 Å². The summed E-state index contributed by atoms with van der Waals surface area (Å²) in [6, 6.07) is 18.2. The van der Waals surface area contributed by atoms with Gasteiger partial charge in [0.15, 0.2) is 0 Å². The number of hydrogen-bond donors (Lipinski definition) is 0. The number of rotatable bonds is 2. The van der Waals surface area contributed by atoms with E-state index in [1.165, 1.54) is 0 Å². The largest absolute Gasteiger partial charge is 0.0629 e. The fraction of sp³-hybridized carbons (Fsp3) is 0. The van der Waals surface area contributed by atoms with E-state index in [-0.39, 0.29) is 0 Å². The predicted molar refractivity (Wildman–Crippen MR) is 61.8 cm³/mol. The summed E-state index contributed by atoms with van der Waals surface area (Å²) in [4.78, 5) is 0. The average molecular weight is 181 g/mol. The summed E-state index contributed by atoms with van der Waals surface area (Å²) in [5.74, 6) is 0. The maximum Gasteiger partial charge on any atom is 0.0629 e. The highest BCUT2D eigenvalue weighted by Gasteiger charge is 1.84. The zero-order chi connectivity index (χ0) is 10.5. The van der Waals surface area contributed by atoms with Crippen molar-refractivity contribution in [2.24, 2.45) is 0 Å². The first-order valence-corrected chi connectivity index (χ1v) is 4.65. The van der Waals surface area contributed by atoms with Gasteiger partial charge in [0.2, 0.25) is 0 Å². The molecule has 0 aromatic heterocycles. The summed E-state index contributed by atoms with van der Waals surface area (Å²) in [6.45, 7) is 0. The molecule has 0 radical (unpaired) electrons. The highest BCUT2D eigenvalue weighted by molar-refractivity contribution is 5.69. The Morgan fingerprint density at radius 3 is 2.00 bits per heavy atom. The highest BCUT2D eigenvalue weighted by atomic mass is 13.9. The lowest BCUT2D eigenvalue weighted by Crippen LogP contribution is -1.70. The first-order chi connectivity index (χ1) is 7.36. The fourth-order valence-corrected chi connectivity index (χ4v) is 1.26. The molecule has 0 saturated carbocycles. The van der Waals surface area contributed by atoms with Gasteiger partial charge in [-0.25, -0.2) is 0 Å². The van der Waals surface area contributed by atoms with Crippen molar-refractivity contribution in [2.45, 2.75) is 0 Å². The van der Waals surface area contributed by atoms with Gasteiger partial charge in [-0.1, -0.05) is 72.8 Å². The molecule has 0 unspecified atom stereocenters. The molecule has 0 aliphatic heterocycles. The molecule has 0 atom stereocenters. The van der Waals surface area contributed by atoms with Crippen LogP contribution < -0.4 is 0 Å². The van der Waals surface area contributed by atoms with Gasteiger partial charge in [-0.2, -0.15) is 0 Å². The standard InChI is InChI=1S/C14H12/c1-3-7-13(8-4-1)11-12-14-9-5-2-6-10-14/h1-12H/b12-11+/i7D. The maximum atomic E-state index is 7.69. The summed E-state index contributed by atoms with van der Waals surface area (Å²) in [5, 5.41) is 0. The third kappa shape index (κ3) is 2.33. The molecule has 0 fully saturated rings. The smallest absolute Gasteiger partial charge is 0.0622 e. The molecule has 2 aromatic carbocycles. The lowest BCUT2D eigenvalue weighted by Gasteiger charge is -1.92. The Balaban J connectivity index is 2.23. The first kappa shape index (κ1) is 7.57. The highest BCUT2D eigenvalue weighted by Crippen LogP contribution is 2.06. The molecule has 2 aromatic rings. The Morgan fingerprint density at radius 1 is 0.714 bits per heavy atom. The van der Waals surface area contributed by atoms with E-state index in [9.17, 15) is 0 Å². The minimum atomic E-state index is 0.560. The van der Waals surface area contributed by atoms with Crippen molar-refractivity contribution < 1.29 is 1.37 Å². The normalized spacial score (nSPS) is 11.6. The Labute approximate surface area is 85.9 Å². The molecular formula is C14H12. The molecule has 0 aliphatic rings. The van der Waals surface area contributed by atoms with Crippen molar-refractivity contribution in [3.05, 3.63) is 71.8 Å². The van der Waals surface area contributed by atoms with Gasteiger partial charge in [-0.05, 0) is 11.1 Å².